The summed E-state index contributed by atoms with van der Waals surface area (Å²) in [6.07, 6.45) is 4.05. The van der Waals surface area contributed by atoms with Crippen molar-refractivity contribution in [1.82, 2.24) is 10.2 Å². The zero-order valence-electron chi connectivity index (χ0n) is 10.7. The van der Waals surface area contributed by atoms with Crippen LogP contribution in [-0.2, 0) is 6.54 Å². The van der Waals surface area contributed by atoms with Crippen LogP contribution >= 0.6 is 0 Å². The molecule has 1 heterocycles. The highest BCUT2D eigenvalue weighted by Gasteiger charge is 2.21. The number of rotatable bonds is 4. The lowest BCUT2D eigenvalue weighted by molar-refractivity contribution is 0.411. The standard InChI is InChI=1S/C15H22N2/c1-17-9-8-14(11-17)13-4-2-12(3-5-13)10-16-15-6-7-15/h2-5,14-16H,6-11H2,1H3. The van der Waals surface area contributed by atoms with Crippen molar-refractivity contribution in [3.8, 4) is 0 Å². The predicted molar refractivity (Wildman–Crippen MR) is 71.2 cm³/mol. The maximum atomic E-state index is 3.56. The molecule has 0 radical (unpaired) electrons. The van der Waals surface area contributed by atoms with Crippen LogP contribution in [0.2, 0.25) is 0 Å². The fraction of sp³-hybridized carbons (Fsp3) is 0.600. The molecule has 17 heavy (non-hydrogen) atoms. The van der Waals surface area contributed by atoms with Gasteiger partial charge in [-0.1, -0.05) is 24.3 Å². The summed E-state index contributed by atoms with van der Waals surface area (Å²) in [5.74, 6) is 0.755. The molecule has 1 saturated heterocycles. The van der Waals surface area contributed by atoms with Crippen LogP contribution in [0.25, 0.3) is 0 Å². The summed E-state index contributed by atoms with van der Waals surface area (Å²) >= 11 is 0. The maximum absolute atomic E-state index is 3.56. The largest absolute Gasteiger partial charge is 0.310 e. The average molecular weight is 230 g/mol. The zero-order valence-corrected chi connectivity index (χ0v) is 10.7. The van der Waals surface area contributed by atoms with E-state index in [2.05, 4.69) is 41.5 Å². The lowest BCUT2D eigenvalue weighted by Crippen LogP contribution is -2.15. The minimum atomic E-state index is 0.755. The zero-order chi connectivity index (χ0) is 11.7. The molecule has 0 bridgehead atoms. The second-order valence-corrected chi connectivity index (χ2v) is 5.64. The maximum Gasteiger partial charge on any atom is 0.0208 e. The highest BCUT2D eigenvalue weighted by molar-refractivity contribution is 5.26. The van der Waals surface area contributed by atoms with Crippen LogP contribution < -0.4 is 5.32 Å². The van der Waals surface area contributed by atoms with Crippen molar-refractivity contribution in [2.45, 2.75) is 37.8 Å². The molecule has 1 aromatic carbocycles. The van der Waals surface area contributed by atoms with Crippen LogP contribution in [0, 0.1) is 0 Å². The van der Waals surface area contributed by atoms with Crippen LogP contribution in [0.3, 0.4) is 0 Å². The van der Waals surface area contributed by atoms with Crippen molar-refractivity contribution in [2.24, 2.45) is 0 Å². The first-order valence-electron chi connectivity index (χ1n) is 6.82. The van der Waals surface area contributed by atoms with Gasteiger partial charge < -0.3 is 10.2 Å². The number of likely N-dealkylation sites (N-methyl/N-ethyl adjacent to an activating group) is 1. The molecule has 1 aromatic rings. The lowest BCUT2D eigenvalue weighted by Gasteiger charge is -2.11. The Morgan fingerprint density at radius 2 is 1.94 bits per heavy atom. The Hall–Kier alpha value is -0.860. The van der Waals surface area contributed by atoms with E-state index in [9.17, 15) is 0 Å². The third kappa shape index (κ3) is 2.88. The van der Waals surface area contributed by atoms with E-state index in [4.69, 9.17) is 0 Å². The summed E-state index contributed by atoms with van der Waals surface area (Å²) < 4.78 is 0. The first kappa shape index (κ1) is 11.2. The minimum absolute atomic E-state index is 0.755. The van der Waals surface area contributed by atoms with E-state index in [1.165, 1.54) is 43.5 Å². The highest BCUT2D eigenvalue weighted by atomic mass is 15.1. The third-order valence-corrected chi connectivity index (χ3v) is 4.01. The van der Waals surface area contributed by atoms with Gasteiger partial charge >= 0.3 is 0 Å². The number of nitrogens with one attached hydrogen (secondary N) is 1. The van der Waals surface area contributed by atoms with Crippen molar-refractivity contribution < 1.29 is 0 Å². The Kier molecular flexibility index (Phi) is 3.17. The van der Waals surface area contributed by atoms with E-state index < -0.39 is 0 Å². The van der Waals surface area contributed by atoms with Gasteiger partial charge in [0.1, 0.15) is 0 Å². The molecule has 2 nitrogen and oxygen atoms in total. The van der Waals surface area contributed by atoms with E-state index >= 15 is 0 Å². The van der Waals surface area contributed by atoms with Crippen molar-refractivity contribution in [2.75, 3.05) is 20.1 Å². The molecule has 1 aliphatic heterocycles. The lowest BCUT2D eigenvalue weighted by atomic mass is 9.97. The molecule has 2 fully saturated rings. The summed E-state index contributed by atoms with van der Waals surface area (Å²) in [4.78, 5) is 2.42. The fourth-order valence-electron chi connectivity index (χ4n) is 2.66. The van der Waals surface area contributed by atoms with Gasteiger partial charge in [-0.05, 0) is 49.9 Å². The summed E-state index contributed by atoms with van der Waals surface area (Å²) in [6, 6.07) is 10.0. The smallest absolute Gasteiger partial charge is 0.0208 e. The van der Waals surface area contributed by atoms with Gasteiger partial charge in [0.2, 0.25) is 0 Å². The van der Waals surface area contributed by atoms with Gasteiger partial charge in [0.25, 0.3) is 0 Å². The second kappa shape index (κ2) is 4.79. The molecule has 1 saturated carbocycles. The van der Waals surface area contributed by atoms with E-state index in [0.717, 1.165) is 18.5 Å². The van der Waals surface area contributed by atoms with Gasteiger partial charge in [-0.3, -0.25) is 0 Å². The van der Waals surface area contributed by atoms with E-state index in [0.29, 0.717) is 0 Å². The fourth-order valence-corrected chi connectivity index (χ4v) is 2.66. The first-order chi connectivity index (χ1) is 8.31. The Balaban J connectivity index is 1.58. The van der Waals surface area contributed by atoms with Crippen LogP contribution in [-0.4, -0.2) is 31.1 Å². The monoisotopic (exact) mass is 230 g/mol. The molecule has 92 valence electrons. The number of hydrogen-bond donors (Lipinski definition) is 1. The molecule has 0 aromatic heterocycles. The Labute approximate surface area is 104 Å². The Morgan fingerprint density at radius 1 is 1.18 bits per heavy atom. The van der Waals surface area contributed by atoms with Gasteiger partial charge in [0, 0.05) is 19.1 Å². The van der Waals surface area contributed by atoms with Crippen molar-refractivity contribution in [3.63, 3.8) is 0 Å². The van der Waals surface area contributed by atoms with E-state index in [1.54, 1.807) is 0 Å². The third-order valence-electron chi connectivity index (χ3n) is 4.01. The van der Waals surface area contributed by atoms with Gasteiger partial charge in [0.15, 0.2) is 0 Å². The molecule has 3 rings (SSSR count). The molecule has 2 heteroatoms. The quantitative estimate of drug-likeness (QED) is 0.854. The average Bonchev–Trinajstić information content (AvgIpc) is 3.09. The van der Waals surface area contributed by atoms with Gasteiger partial charge in [-0.25, -0.2) is 0 Å². The van der Waals surface area contributed by atoms with Crippen molar-refractivity contribution >= 4 is 0 Å². The molecule has 1 atom stereocenters. The van der Waals surface area contributed by atoms with Gasteiger partial charge in [0.05, 0.1) is 0 Å². The SMILES string of the molecule is CN1CCC(c2ccc(CNC3CC3)cc2)C1. The molecule has 2 aliphatic rings. The van der Waals surface area contributed by atoms with E-state index in [-0.39, 0.29) is 0 Å². The van der Waals surface area contributed by atoms with E-state index in [1.807, 2.05) is 0 Å². The molecule has 1 N–H and O–H groups in total. The summed E-state index contributed by atoms with van der Waals surface area (Å²) in [6.45, 7) is 3.50. The molecule has 0 amide bonds. The minimum Gasteiger partial charge on any atom is -0.310 e. The number of benzene rings is 1. The van der Waals surface area contributed by atoms with Crippen LogP contribution in [0.1, 0.15) is 36.3 Å². The Bertz CT molecular complexity index is 367. The predicted octanol–water partition coefficient (Wildman–Crippen LogP) is 2.36. The summed E-state index contributed by atoms with van der Waals surface area (Å²) in [5, 5.41) is 3.56. The molecular weight excluding hydrogens is 208 g/mol. The number of hydrogen-bond acceptors (Lipinski definition) is 2. The first-order valence-corrected chi connectivity index (χ1v) is 6.82. The molecule has 1 aliphatic carbocycles. The van der Waals surface area contributed by atoms with Gasteiger partial charge in [-0.15, -0.1) is 0 Å². The van der Waals surface area contributed by atoms with Gasteiger partial charge in [-0.2, -0.15) is 0 Å². The van der Waals surface area contributed by atoms with Crippen molar-refractivity contribution in [3.05, 3.63) is 35.4 Å². The number of likely N-dealkylation sites (tertiary alicyclic amines) is 1. The molecular formula is C15H22N2. The highest BCUT2D eigenvalue weighted by Crippen LogP contribution is 2.26. The van der Waals surface area contributed by atoms with Crippen LogP contribution in [0.15, 0.2) is 24.3 Å². The van der Waals surface area contributed by atoms with Crippen LogP contribution in [0.5, 0.6) is 0 Å². The normalized spacial score (nSPS) is 25.4. The summed E-state index contributed by atoms with van der Waals surface area (Å²) in [5.41, 5.74) is 2.94. The number of nitrogens with zero attached hydrogens (tertiary/aromatic N) is 1. The van der Waals surface area contributed by atoms with Crippen LogP contribution in [0.4, 0.5) is 0 Å². The molecule has 1 unspecified atom stereocenters. The molecule has 0 spiro atoms. The van der Waals surface area contributed by atoms with Crippen molar-refractivity contribution in [1.29, 1.82) is 0 Å². The Morgan fingerprint density at radius 3 is 2.53 bits per heavy atom. The topological polar surface area (TPSA) is 15.3 Å². The second-order valence-electron chi connectivity index (χ2n) is 5.64. The summed E-state index contributed by atoms with van der Waals surface area (Å²) in [7, 11) is 2.22.